The molecule has 1 aromatic rings. The Bertz CT molecular complexity index is 401. The molecule has 1 aliphatic rings. The third-order valence-electron chi connectivity index (χ3n) is 2.72. The van der Waals surface area contributed by atoms with Crippen molar-refractivity contribution in [1.29, 1.82) is 0 Å². The Kier molecular flexibility index (Phi) is 2.07. The lowest BCUT2D eigenvalue weighted by Crippen LogP contribution is -2.46. The molecule has 1 aliphatic heterocycles. The molecule has 80 valence electrons. The van der Waals surface area contributed by atoms with E-state index in [-0.39, 0.29) is 5.41 Å². The number of anilines is 1. The summed E-state index contributed by atoms with van der Waals surface area (Å²) in [6.45, 7) is 5.04. The van der Waals surface area contributed by atoms with Gasteiger partial charge in [-0.3, -0.25) is 5.01 Å². The van der Waals surface area contributed by atoms with Crippen LogP contribution in [0.15, 0.2) is 24.3 Å². The minimum Gasteiger partial charge on any atom is -0.350 e. The van der Waals surface area contributed by atoms with Gasteiger partial charge in [0.1, 0.15) is 0 Å². The molecule has 0 aromatic heterocycles. The first-order valence-electron chi connectivity index (χ1n) is 4.94. The number of hydrazine groups is 1. The molecule has 0 atom stereocenters. The molecule has 4 nitrogen and oxygen atoms in total. The van der Waals surface area contributed by atoms with Gasteiger partial charge in [-0.2, -0.15) is 0 Å². The Hall–Kier alpha value is -1.71. The van der Waals surface area contributed by atoms with Crippen LogP contribution in [0.5, 0.6) is 0 Å². The summed E-state index contributed by atoms with van der Waals surface area (Å²) in [6, 6.07) is 7.50. The largest absolute Gasteiger partial charge is 0.350 e. The zero-order chi connectivity index (χ0) is 11.1. The second kappa shape index (κ2) is 3.15. The van der Waals surface area contributed by atoms with E-state index in [1.54, 1.807) is 5.01 Å². The van der Waals surface area contributed by atoms with Gasteiger partial charge in [-0.25, -0.2) is 10.2 Å². The number of amides is 2. The maximum Gasteiger partial charge on any atom is 0.330 e. The monoisotopic (exact) mass is 205 g/mol. The lowest BCUT2D eigenvalue weighted by atomic mass is 9.87. The predicted octanol–water partition coefficient (Wildman–Crippen LogP) is 1.37. The van der Waals surface area contributed by atoms with Crippen molar-refractivity contribution in [2.45, 2.75) is 19.3 Å². The number of rotatable bonds is 1. The minimum absolute atomic E-state index is 0.0407. The van der Waals surface area contributed by atoms with Crippen LogP contribution < -0.4 is 16.2 Å². The van der Waals surface area contributed by atoms with E-state index in [2.05, 4.69) is 25.3 Å². The Morgan fingerprint density at radius 3 is 2.80 bits per heavy atom. The number of carbonyl (C=O) groups is 1. The van der Waals surface area contributed by atoms with Crippen LogP contribution in [-0.2, 0) is 5.41 Å². The van der Waals surface area contributed by atoms with Crippen LogP contribution in [-0.4, -0.2) is 12.6 Å². The Balaban J connectivity index is 2.38. The van der Waals surface area contributed by atoms with Crippen LogP contribution in [0.25, 0.3) is 0 Å². The fourth-order valence-corrected chi connectivity index (χ4v) is 2.08. The second-order valence-electron chi connectivity index (χ2n) is 4.46. The lowest BCUT2D eigenvalue weighted by molar-refractivity contribution is 0.247. The fraction of sp³-hybridized carbons (Fsp3) is 0.364. The Morgan fingerprint density at radius 2 is 2.13 bits per heavy atom. The number of nitrogens with one attached hydrogen (secondary N) is 1. The number of carbonyl (C=O) groups excluding carboxylic acids is 1. The predicted molar refractivity (Wildman–Crippen MR) is 59.5 cm³/mol. The van der Waals surface area contributed by atoms with Gasteiger partial charge in [-0.15, -0.1) is 0 Å². The van der Waals surface area contributed by atoms with Crippen LogP contribution in [0.3, 0.4) is 0 Å². The fourth-order valence-electron chi connectivity index (χ4n) is 2.08. The number of nitrogens with zero attached hydrogens (tertiary/aromatic N) is 1. The quantitative estimate of drug-likeness (QED) is 0.727. The van der Waals surface area contributed by atoms with Gasteiger partial charge >= 0.3 is 6.03 Å². The number of benzene rings is 1. The molecule has 3 N–H and O–H groups in total. The van der Waals surface area contributed by atoms with E-state index >= 15 is 0 Å². The topological polar surface area (TPSA) is 58.4 Å². The summed E-state index contributed by atoms with van der Waals surface area (Å²) in [5, 5.41) is 1.80. The molecule has 0 saturated heterocycles. The summed E-state index contributed by atoms with van der Waals surface area (Å²) in [4.78, 5) is 10.8. The molecule has 0 radical (unpaired) electrons. The Labute approximate surface area is 89.0 Å². The van der Waals surface area contributed by atoms with Crippen molar-refractivity contribution in [3.63, 3.8) is 0 Å². The number of primary amides is 1. The summed E-state index contributed by atoms with van der Waals surface area (Å²) in [7, 11) is 0. The molecule has 15 heavy (non-hydrogen) atoms. The van der Waals surface area contributed by atoms with E-state index in [1.165, 1.54) is 5.56 Å². The first kappa shape index (κ1) is 9.83. The smallest absolute Gasteiger partial charge is 0.330 e. The van der Waals surface area contributed by atoms with Gasteiger partial charge in [0.25, 0.3) is 0 Å². The van der Waals surface area contributed by atoms with Crippen LogP contribution in [0.4, 0.5) is 10.5 Å². The summed E-state index contributed by atoms with van der Waals surface area (Å²) < 4.78 is 0. The van der Waals surface area contributed by atoms with E-state index in [0.29, 0.717) is 0 Å². The highest BCUT2D eigenvalue weighted by Crippen LogP contribution is 2.38. The standard InChI is InChI=1S/C11H15N3O/c1-11(2)7-14(13-10(12)15)9-6-4-3-5-8(9)11/h3-6H,7H2,1-2H3,(H3,12,13,15). The maximum atomic E-state index is 10.8. The van der Waals surface area contributed by atoms with Crippen molar-refractivity contribution in [3.8, 4) is 0 Å². The normalized spacial score (nSPS) is 17.3. The van der Waals surface area contributed by atoms with Gasteiger partial charge < -0.3 is 5.73 Å². The first-order valence-corrected chi connectivity index (χ1v) is 4.94. The average molecular weight is 205 g/mol. The third kappa shape index (κ3) is 1.63. The van der Waals surface area contributed by atoms with Crippen LogP contribution in [0.2, 0.25) is 0 Å². The molecule has 0 unspecified atom stereocenters. The Morgan fingerprint density at radius 1 is 1.47 bits per heavy atom. The van der Waals surface area contributed by atoms with Gasteiger partial charge in [0.2, 0.25) is 0 Å². The highest BCUT2D eigenvalue weighted by atomic mass is 16.2. The first-order chi connectivity index (χ1) is 7.00. The maximum absolute atomic E-state index is 10.8. The van der Waals surface area contributed by atoms with E-state index in [0.717, 1.165) is 12.2 Å². The SMILES string of the molecule is CC1(C)CN(NC(N)=O)c2ccccc21. The molecule has 0 spiro atoms. The minimum atomic E-state index is -0.525. The van der Waals surface area contributed by atoms with Gasteiger partial charge in [0.05, 0.1) is 5.69 Å². The van der Waals surface area contributed by atoms with Gasteiger partial charge in [0, 0.05) is 12.0 Å². The van der Waals surface area contributed by atoms with Gasteiger partial charge in [0.15, 0.2) is 0 Å². The summed E-state index contributed by atoms with van der Waals surface area (Å²) in [5.74, 6) is 0. The van der Waals surface area contributed by atoms with Crippen LogP contribution in [0, 0.1) is 0 Å². The number of hydrogen-bond donors (Lipinski definition) is 2. The molecule has 0 saturated carbocycles. The highest BCUT2D eigenvalue weighted by Gasteiger charge is 2.35. The molecule has 0 fully saturated rings. The zero-order valence-electron chi connectivity index (χ0n) is 8.95. The van der Waals surface area contributed by atoms with Crippen molar-refractivity contribution in [2.75, 3.05) is 11.6 Å². The van der Waals surface area contributed by atoms with Crippen LogP contribution >= 0.6 is 0 Å². The summed E-state index contributed by atoms with van der Waals surface area (Å²) in [5.41, 5.74) is 10.1. The number of urea groups is 1. The van der Waals surface area contributed by atoms with E-state index in [1.807, 2.05) is 18.2 Å². The van der Waals surface area contributed by atoms with Crippen LogP contribution in [0.1, 0.15) is 19.4 Å². The third-order valence-corrected chi connectivity index (χ3v) is 2.72. The van der Waals surface area contributed by atoms with E-state index in [9.17, 15) is 4.79 Å². The summed E-state index contributed by atoms with van der Waals surface area (Å²) >= 11 is 0. The zero-order valence-corrected chi connectivity index (χ0v) is 8.95. The van der Waals surface area contributed by atoms with Crippen molar-refractivity contribution >= 4 is 11.7 Å². The van der Waals surface area contributed by atoms with E-state index < -0.39 is 6.03 Å². The molecule has 0 aliphatic carbocycles. The molecular weight excluding hydrogens is 190 g/mol. The van der Waals surface area contributed by atoms with Crippen molar-refractivity contribution in [3.05, 3.63) is 29.8 Å². The molecule has 1 aromatic carbocycles. The van der Waals surface area contributed by atoms with E-state index in [4.69, 9.17) is 5.73 Å². The van der Waals surface area contributed by atoms with Crippen molar-refractivity contribution in [1.82, 2.24) is 5.43 Å². The van der Waals surface area contributed by atoms with Crippen molar-refractivity contribution in [2.24, 2.45) is 5.73 Å². The molecule has 1 heterocycles. The number of para-hydroxylation sites is 1. The average Bonchev–Trinajstić information content (AvgIpc) is 2.39. The number of hydrogen-bond acceptors (Lipinski definition) is 2. The van der Waals surface area contributed by atoms with Crippen molar-refractivity contribution < 1.29 is 4.79 Å². The molecule has 2 amide bonds. The molecular formula is C11H15N3O. The number of nitrogens with two attached hydrogens (primary N) is 1. The summed E-state index contributed by atoms with van der Waals surface area (Å²) in [6.07, 6.45) is 0. The molecule has 2 rings (SSSR count). The van der Waals surface area contributed by atoms with Gasteiger partial charge in [-0.1, -0.05) is 32.0 Å². The number of fused-ring (bicyclic) bond motifs is 1. The molecule has 4 heteroatoms. The lowest BCUT2D eigenvalue weighted by Gasteiger charge is -2.21. The molecule has 0 bridgehead atoms. The van der Waals surface area contributed by atoms with Gasteiger partial charge in [-0.05, 0) is 11.6 Å². The highest BCUT2D eigenvalue weighted by molar-refractivity contribution is 5.76. The second-order valence-corrected chi connectivity index (χ2v) is 4.46.